The Morgan fingerprint density at radius 3 is 2.80 bits per heavy atom. The van der Waals surface area contributed by atoms with Gasteiger partial charge in [0.25, 0.3) is 0 Å². The fourth-order valence-corrected chi connectivity index (χ4v) is 2.59. The van der Waals surface area contributed by atoms with Crippen molar-refractivity contribution in [1.82, 2.24) is 5.32 Å². The summed E-state index contributed by atoms with van der Waals surface area (Å²) in [6.07, 6.45) is 7.34. The molecule has 0 radical (unpaired) electrons. The standard InChI is InChI=1S/C15H16N2O2S/c1-3-8-16-15(19)11-9-14(18)17(10-11)12-4-6-13(20-2)7-5-12/h1,4-7,11H,8-10H2,2H3,(H,16,19). The Morgan fingerprint density at radius 1 is 1.50 bits per heavy atom. The average Bonchev–Trinajstić information content (AvgIpc) is 2.87. The van der Waals surface area contributed by atoms with E-state index in [-0.39, 0.29) is 30.7 Å². The SMILES string of the molecule is C#CCNC(=O)C1CC(=O)N(c2ccc(SC)cc2)C1. The first-order chi connectivity index (χ1) is 9.65. The number of nitrogens with zero attached hydrogens (tertiary/aromatic N) is 1. The molecule has 1 aliphatic rings. The Labute approximate surface area is 122 Å². The number of nitrogens with one attached hydrogen (secondary N) is 1. The normalized spacial score (nSPS) is 17.9. The molecule has 1 aromatic carbocycles. The highest BCUT2D eigenvalue weighted by atomic mass is 32.2. The molecule has 1 fully saturated rings. The van der Waals surface area contributed by atoms with E-state index in [2.05, 4.69) is 11.2 Å². The lowest BCUT2D eigenvalue weighted by Gasteiger charge is -2.16. The summed E-state index contributed by atoms with van der Waals surface area (Å²) in [5, 5.41) is 2.63. The molecule has 1 heterocycles. The minimum absolute atomic E-state index is 0.0252. The summed E-state index contributed by atoms with van der Waals surface area (Å²) in [7, 11) is 0. The molecule has 1 aliphatic heterocycles. The van der Waals surface area contributed by atoms with Crippen molar-refractivity contribution in [3.05, 3.63) is 24.3 Å². The summed E-state index contributed by atoms with van der Waals surface area (Å²) in [6, 6.07) is 7.76. The third kappa shape index (κ3) is 3.14. The lowest BCUT2D eigenvalue weighted by Crippen LogP contribution is -2.33. The van der Waals surface area contributed by atoms with E-state index in [0.717, 1.165) is 10.6 Å². The predicted octanol–water partition coefficient (Wildman–Crippen LogP) is 1.51. The van der Waals surface area contributed by atoms with Crippen LogP contribution in [0.2, 0.25) is 0 Å². The second kappa shape index (κ2) is 6.49. The fourth-order valence-electron chi connectivity index (χ4n) is 2.18. The molecule has 0 spiro atoms. The van der Waals surface area contributed by atoms with Gasteiger partial charge in [-0.1, -0.05) is 5.92 Å². The number of hydrogen-bond donors (Lipinski definition) is 1. The van der Waals surface area contributed by atoms with Crippen LogP contribution in [0, 0.1) is 18.3 Å². The molecular weight excluding hydrogens is 272 g/mol. The van der Waals surface area contributed by atoms with Crippen LogP contribution in [0.1, 0.15) is 6.42 Å². The van der Waals surface area contributed by atoms with Crippen LogP contribution in [0.3, 0.4) is 0 Å². The Bertz CT molecular complexity index is 548. The van der Waals surface area contributed by atoms with E-state index >= 15 is 0 Å². The molecule has 0 aromatic heterocycles. The van der Waals surface area contributed by atoms with Gasteiger partial charge in [-0.15, -0.1) is 18.2 Å². The minimum Gasteiger partial charge on any atom is -0.345 e. The van der Waals surface area contributed by atoms with Crippen molar-refractivity contribution in [2.24, 2.45) is 5.92 Å². The van der Waals surface area contributed by atoms with Crippen LogP contribution < -0.4 is 10.2 Å². The van der Waals surface area contributed by atoms with E-state index in [1.807, 2.05) is 30.5 Å². The molecule has 0 bridgehead atoms. The van der Waals surface area contributed by atoms with Crippen molar-refractivity contribution in [3.63, 3.8) is 0 Å². The number of terminal acetylenes is 1. The molecule has 20 heavy (non-hydrogen) atoms. The van der Waals surface area contributed by atoms with Gasteiger partial charge in [0.15, 0.2) is 0 Å². The zero-order valence-electron chi connectivity index (χ0n) is 11.3. The molecule has 5 heteroatoms. The monoisotopic (exact) mass is 288 g/mol. The Kier molecular flexibility index (Phi) is 4.70. The van der Waals surface area contributed by atoms with Gasteiger partial charge < -0.3 is 10.2 Å². The first-order valence-corrected chi connectivity index (χ1v) is 7.53. The van der Waals surface area contributed by atoms with Crippen LogP contribution in [-0.2, 0) is 9.59 Å². The topological polar surface area (TPSA) is 49.4 Å². The Balaban J connectivity index is 2.05. The Morgan fingerprint density at radius 2 is 2.20 bits per heavy atom. The van der Waals surface area contributed by atoms with E-state index < -0.39 is 0 Å². The van der Waals surface area contributed by atoms with Gasteiger partial charge in [-0.3, -0.25) is 9.59 Å². The molecule has 1 saturated heterocycles. The van der Waals surface area contributed by atoms with Crippen molar-refractivity contribution < 1.29 is 9.59 Å². The fraction of sp³-hybridized carbons (Fsp3) is 0.333. The lowest BCUT2D eigenvalue weighted by molar-refractivity contribution is -0.126. The molecule has 0 saturated carbocycles. The van der Waals surface area contributed by atoms with Crippen LogP contribution in [-0.4, -0.2) is 31.2 Å². The van der Waals surface area contributed by atoms with Crippen LogP contribution in [0.4, 0.5) is 5.69 Å². The summed E-state index contributed by atoms with van der Waals surface area (Å²) in [4.78, 5) is 26.7. The Hall–Kier alpha value is -1.93. The number of anilines is 1. The lowest BCUT2D eigenvalue weighted by atomic mass is 10.1. The average molecular weight is 288 g/mol. The summed E-state index contributed by atoms with van der Waals surface area (Å²) >= 11 is 1.65. The van der Waals surface area contributed by atoms with E-state index in [9.17, 15) is 9.59 Å². The molecular formula is C15H16N2O2S. The smallest absolute Gasteiger partial charge is 0.227 e. The quantitative estimate of drug-likeness (QED) is 0.675. The first-order valence-electron chi connectivity index (χ1n) is 6.31. The van der Waals surface area contributed by atoms with Crippen molar-refractivity contribution in [2.45, 2.75) is 11.3 Å². The van der Waals surface area contributed by atoms with Gasteiger partial charge in [0, 0.05) is 23.5 Å². The number of benzene rings is 1. The van der Waals surface area contributed by atoms with Crippen LogP contribution in [0.5, 0.6) is 0 Å². The highest BCUT2D eigenvalue weighted by Crippen LogP contribution is 2.27. The summed E-state index contributed by atoms with van der Waals surface area (Å²) in [5.41, 5.74) is 0.833. The highest BCUT2D eigenvalue weighted by molar-refractivity contribution is 7.98. The molecule has 0 aliphatic carbocycles. The molecule has 1 N–H and O–H groups in total. The van der Waals surface area contributed by atoms with Crippen molar-refractivity contribution in [2.75, 3.05) is 24.2 Å². The minimum atomic E-state index is -0.323. The number of hydrogen-bond acceptors (Lipinski definition) is 3. The van der Waals surface area contributed by atoms with E-state index in [0.29, 0.717) is 6.54 Å². The van der Waals surface area contributed by atoms with Gasteiger partial charge in [-0.25, -0.2) is 0 Å². The van der Waals surface area contributed by atoms with Gasteiger partial charge in [0.1, 0.15) is 0 Å². The molecule has 104 valence electrons. The third-order valence-electron chi connectivity index (χ3n) is 3.24. The van der Waals surface area contributed by atoms with Crippen LogP contribution in [0.25, 0.3) is 0 Å². The number of carbonyl (C=O) groups is 2. The molecule has 4 nitrogen and oxygen atoms in total. The van der Waals surface area contributed by atoms with Crippen LogP contribution in [0.15, 0.2) is 29.2 Å². The van der Waals surface area contributed by atoms with E-state index in [1.165, 1.54) is 0 Å². The van der Waals surface area contributed by atoms with Gasteiger partial charge in [0.05, 0.1) is 12.5 Å². The molecule has 2 rings (SSSR count). The molecule has 1 unspecified atom stereocenters. The number of amides is 2. The van der Waals surface area contributed by atoms with Gasteiger partial charge in [-0.2, -0.15) is 0 Å². The molecule has 2 amide bonds. The zero-order chi connectivity index (χ0) is 14.5. The third-order valence-corrected chi connectivity index (χ3v) is 3.99. The van der Waals surface area contributed by atoms with E-state index in [4.69, 9.17) is 6.42 Å². The summed E-state index contributed by atoms with van der Waals surface area (Å²) in [5.74, 6) is 1.85. The number of thioether (sulfide) groups is 1. The largest absolute Gasteiger partial charge is 0.345 e. The number of carbonyl (C=O) groups excluding carboxylic acids is 2. The van der Waals surface area contributed by atoms with E-state index in [1.54, 1.807) is 16.7 Å². The van der Waals surface area contributed by atoms with Crippen molar-refractivity contribution in [3.8, 4) is 12.3 Å². The summed E-state index contributed by atoms with van der Waals surface area (Å²) < 4.78 is 0. The zero-order valence-corrected chi connectivity index (χ0v) is 12.1. The summed E-state index contributed by atoms with van der Waals surface area (Å²) in [6.45, 7) is 0.611. The first kappa shape index (κ1) is 14.5. The molecule has 1 aromatic rings. The maximum atomic E-state index is 12.0. The maximum absolute atomic E-state index is 12.0. The highest BCUT2D eigenvalue weighted by Gasteiger charge is 2.34. The second-order valence-electron chi connectivity index (χ2n) is 4.53. The maximum Gasteiger partial charge on any atom is 0.227 e. The predicted molar refractivity (Wildman–Crippen MR) is 80.5 cm³/mol. The van der Waals surface area contributed by atoms with Gasteiger partial charge in [-0.05, 0) is 30.5 Å². The van der Waals surface area contributed by atoms with Gasteiger partial charge in [0.2, 0.25) is 11.8 Å². The second-order valence-corrected chi connectivity index (χ2v) is 5.40. The van der Waals surface area contributed by atoms with Crippen LogP contribution >= 0.6 is 11.8 Å². The van der Waals surface area contributed by atoms with Crippen molar-refractivity contribution in [1.29, 1.82) is 0 Å². The molecule has 1 atom stereocenters. The van der Waals surface area contributed by atoms with Crippen molar-refractivity contribution >= 4 is 29.3 Å². The van der Waals surface area contributed by atoms with Gasteiger partial charge >= 0.3 is 0 Å². The number of rotatable bonds is 4.